The number of rotatable bonds is 6. The maximum Gasteiger partial charge on any atom is 0.284 e. The van der Waals surface area contributed by atoms with Crippen molar-refractivity contribution in [2.24, 2.45) is 4.40 Å². The van der Waals surface area contributed by atoms with Crippen LogP contribution in [0.4, 0.5) is 5.69 Å². The Kier molecular flexibility index (Phi) is 7.79. The Morgan fingerprint density at radius 1 is 1.09 bits per heavy atom. The van der Waals surface area contributed by atoms with Gasteiger partial charge in [-0.15, -0.1) is 4.40 Å². The molecule has 2 aromatic rings. The van der Waals surface area contributed by atoms with Gasteiger partial charge in [0, 0.05) is 22.6 Å². The molecule has 2 amide bonds. The Hall–Kier alpha value is -2.17. The van der Waals surface area contributed by atoms with Crippen LogP contribution in [0.1, 0.15) is 44.1 Å². The second-order valence-electron chi connectivity index (χ2n) is 8.53. The maximum atomic E-state index is 13.4. The zero-order chi connectivity index (χ0) is 24.3. The Balaban J connectivity index is 1.57. The molecule has 1 saturated carbocycles. The highest BCUT2D eigenvalue weighted by Crippen LogP contribution is 2.36. The summed E-state index contributed by atoms with van der Waals surface area (Å²) in [7, 11) is -4.01. The third kappa shape index (κ3) is 5.90. The number of carbonyl (C=O) groups excluding carboxylic acids is 2. The molecule has 1 atom stereocenters. The van der Waals surface area contributed by atoms with E-state index >= 15 is 0 Å². The van der Waals surface area contributed by atoms with Gasteiger partial charge in [0.25, 0.3) is 10.0 Å². The van der Waals surface area contributed by atoms with Crippen LogP contribution in [-0.4, -0.2) is 41.6 Å². The lowest BCUT2D eigenvalue weighted by molar-refractivity contribution is -0.130. The van der Waals surface area contributed by atoms with Crippen LogP contribution < -0.4 is 5.32 Å². The van der Waals surface area contributed by atoms with Gasteiger partial charge in [-0.2, -0.15) is 8.42 Å². The number of nitrogens with zero attached hydrogens (tertiary/aromatic N) is 2. The van der Waals surface area contributed by atoms with Gasteiger partial charge >= 0.3 is 0 Å². The lowest BCUT2D eigenvalue weighted by atomic mass is 9.94. The van der Waals surface area contributed by atoms with Crippen LogP contribution in [0.25, 0.3) is 0 Å². The van der Waals surface area contributed by atoms with E-state index in [4.69, 9.17) is 0 Å². The van der Waals surface area contributed by atoms with Crippen molar-refractivity contribution in [2.75, 3.05) is 5.32 Å². The van der Waals surface area contributed by atoms with Gasteiger partial charge in [0.15, 0.2) is 5.17 Å². The Labute approximate surface area is 212 Å². The fraction of sp³-hybridized carbons (Fsp3) is 0.375. The number of aryl methyl sites for hydroxylation is 1. The molecule has 1 aliphatic carbocycles. The molecule has 7 nitrogen and oxygen atoms in total. The number of halogens is 1. The first-order chi connectivity index (χ1) is 16.2. The van der Waals surface area contributed by atoms with Gasteiger partial charge in [-0.1, -0.05) is 64.7 Å². The summed E-state index contributed by atoms with van der Waals surface area (Å²) in [4.78, 5) is 27.6. The number of amidine groups is 1. The summed E-state index contributed by atoms with van der Waals surface area (Å²) in [6.07, 6.45) is 4.59. The lowest BCUT2D eigenvalue weighted by Crippen LogP contribution is -2.42. The third-order valence-electron chi connectivity index (χ3n) is 5.92. The number of anilines is 1. The first-order valence-corrected chi connectivity index (χ1v) is 14.3. The van der Waals surface area contributed by atoms with Gasteiger partial charge in [-0.25, -0.2) is 0 Å². The molecule has 2 aromatic carbocycles. The van der Waals surface area contributed by atoms with Crippen molar-refractivity contribution in [1.29, 1.82) is 0 Å². The number of carbonyl (C=O) groups is 2. The third-order valence-corrected chi connectivity index (χ3v) is 9.00. The largest absolute Gasteiger partial charge is 0.326 e. The van der Waals surface area contributed by atoms with E-state index in [0.717, 1.165) is 53.9 Å². The number of nitrogens with one attached hydrogen (secondary N) is 1. The summed E-state index contributed by atoms with van der Waals surface area (Å²) in [5.41, 5.74) is 1.73. The molecule has 10 heteroatoms. The van der Waals surface area contributed by atoms with Crippen LogP contribution in [-0.2, 0) is 19.6 Å². The summed E-state index contributed by atoms with van der Waals surface area (Å²) in [5.74, 6) is -0.545. The molecular formula is C24H26BrN3O4S2. The predicted octanol–water partition coefficient (Wildman–Crippen LogP) is 5.11. The zero-order valence-electron chi connectivity index (χ0n) is 18.7. The first-order valence-electron chi connectivity index (χ1n) is 11.2. The molecule has 2 fully saturated rings. The summed E-state index contributed by atoms with van der Waals surface area (Å²) >= 11 is 4.37. The van der Waals surface area contributed by atoms with E-state index in [1.165, 1.54) is 17.0 Å². The highest BCUT2D eigenvalue weighted by atomic mass is 79.9. The number of hydrogen-bond acceptors (Lipinski definition) is 5. The second kappa shape index (κ2) is 10.6. The van der Waals surface area contributed by atoms with Gasteiger partial charge in [-0.3, -0.25) is 14.5 Å². The van der Waals surface area contributed by atoms with E-state index < -0.39 is 15.3 Å². The van der Waals surface area contributed by atoms with Crippen LogP contribution in [0.5, 0.6) is 0 Å². The lowest BCUT2D eigenvalue weighted by Gasteiger charge is -2.30. The number of sulfonamides is 1. The number of hydrogen-bond donors (Lipinski definition) is 1. The fourth-order valence-corrected chi connectivity index (χ4v) is 6.80. The quantitative estimate of drug-likeness (QED) is 0.527. The van der Waals surface area contributed by atoms with E-state index in [1.54, 1.807) is 12.1 Å². The smallest absolute Gasteiger partial charge is 0.284 e. The van der Waals surface area contributed by atoms with Gasteiger partial charge < -0.3 is 5.32 Å². The van der Waals surface area contributed by atoms with Crippen LogP contribution in [0.3, 0.4) is 0 Å². The molecule has 34 heavy (non-hydrogen) atoms. The molecule has 0 aromatic heterocycles. The number of amides is 2. The predicted molar refractivity (Wildman–Crippen MR) is 138 cm³/mol. The molecule has 0 unspecified atom stereocenters. The van der Waals surface area contributed by atoms with E-state index in [9.17, 15) is 18.0 Å². The fourth-order valence-electron chi connectivity index (χ4n) is 4.13. The molecule has 0 bridgehead atoms. The molecule has 1 heterocycles. The minimum absolute atomic E-state index is 0.0559. The van der Waals surface area contributed by atoms with E-state index in [2.05, 4.69) is 25.6 Å². The van der Waals surface area contributed by atoms with Crippen molar-refractivity contribution in [3.63, 3.8) is 0 Å². The maximum absolute atomic E-state index is 13.4. The number of benzene rings is 2. The van der Waals surface area contributed by atoms with Gasteiger partial charge in [-0.05, 0) is 56.2 Å². The Morgan fingerprint density at radius 2 is 1.74 bits per heavy atom. The Bertz CT molecular complexity index is 1190. The van der Waals surface area contributed by atoms with Crippen molar-refractivity contribution in [3.05, 3.63) is 58.6 Å². The van der Waals surface area contributed by atoms with Crippen molar-refractivity contribution >= 4 is 60.4 Å². The van der Waals surface area contributed by atoms with Crippen molar-refractivity contribution in [1.82, 2.24) is 4.90 Å². The van der Waals surface area contributed by atoms with E-state index in [1.807, 2.05) is 31.2 Å². The van der Waals surface area contributed by atoms with Crippen LogP contribution in [0, 0.1) is 6.92 Å². The molecule has 1 aliphatic heterocycles. The van der Waals surface area contributed by atoms with E-state index in [0.29, 0.717) is 5.69 Å². The van der Waals surface area contributed by atoms with Crippen LogP contribution in [0.2, 0.25) is 0 Å². The van der Waals surface area contributed by atoms with Crippen molar-refractivity contribution in [2.45, 2.75) is 61.6 Å². The molecular weight excluding hydrogens is 538 g/mol. The monoisotopic (exact) mass is 563 g/mol. The summed E-state index contributed by atoms with van der Waals surface area (Å²) < 4.78 is 30.8. The number of thioether (sulfide) groups is 1. The molecule has 0 spiro atoms. The van der Waals surface area contributed by atoms with Crippen molar-refractivity contribution in [3.8, 4) is 0 Å². The standard InChI is InChI=1S/C24H26BrN3O4S2/c1-16-7-11-18(12-8-16)26-22(29)15-21-23(30)28(19-5-3-2-4-6-19)24(33-21)27-34(31,32)20-13-9-17(25)10-14-20/h7-14,19,21H,2-6,15H2,1H3,(H,26,29)/t21-/m1/s1. The second-order valence-corrected chi connectivity index (χ2v) is 12.2. The van der Waals surface area contributed by atoms with Crippen molar-refractivity contribution < 1.29 is 18.0 Å². The van der Waals surface area contributed by atoms with Crippen LogP contribution >= 0.6 is 27.7 Å². The van der Waals surface area contributed by atoms with Gasteiger partial charge in [0.05, 0.1) is 4.90 Å². The Morgan fingerprint density at radius 3 is 2.38 bits per heavy atom. The molecule has 180 valence electrons. The minimum atomic E-state index is -4.01. The zero-order valence-corrected chi connectivity index (χ0v) is 22.0. The highest BCUT2D eigenvalue weighted by molar-refractivity contribution is 9.10. The summed E-state index contributed by atoms with van der Waals surface area (Å²) in [6.45, 7) is 1.96. The first kappa shape index (κ1) is 24.9. The summed E-state index contributed by atoms with van der Waals surface area (Å²) in [5, 5.41) is 2.26. The molecule has 1 N–H and O–H groups in total. The molecule has 2 aliphatic rings. The van der Waals surface area contributed by atoms with Gasteiger partial charge in [0.1, 0.15) is 5.25 Å². The topological polar surface area (TPSA) is 95.9 Å². The average molecular weight is 565 g/mol. The highest BCUT2D eigenvalue weighted by Gasteiger charge is 2.43. The molecule has 0 radical (unpaired) electrons. The SMILES string of the molecule is Cc1ccc(NC(=O)C[C@H]2SC(=NS(=O)(=O)c3ccc(Br)cc3)N(C3CCCCC3)C2=O)cc1. The van der Waals surface area contributed by atoms with E-state index in [-0.39, 0.29) is 34.3 Å². The van der Waals surface area contributed by atoms with Gasteiger partial charge in [0.2, 0.25) is 11.8 Å². The van der Waals surface area contributed by atoms with Crippen LogP contribution in [0.15, 0.2) is 62.3 Å². The average Bonchev–Trinajstić information content (AvgIpc) is 3.10. The minimum Gasteiger partial charge on any atom is -0.326 e. The molecule has 4 rings (SSSR count). The molecule has 1 saturated heterocycles. The normalized spacial score (nSPS) is 20.6. The summed E-state index contributed by atoms with van der Waals surface area (Å²) in [6, 6.07) is 13.5.